The Kier molecular flexibility index (Phi) is 2.57. The molecule has 1 atom stereocenters. The molecule has 1 N–H and O–H groups in total. The molecule has 0 aromatic heterocycles. The van der Waals surface area contributed by atoms with E-state index in [1.54, 1.807) is 31.2 Å². The summed E-state index contributed by atoms with van der Waals surface area (Å²) in [5.74, 6) is -1.75. The summed E-state index contributed by atoms with van der Waals surface area (Å²) in [7, 11) is 0. The Bertz CT molecular complexity index is 627. The first-order chi connectivity index (χ1) is 9.54. The van der Waals surface area contributed by atoms with E-state index in [1.165, 1.54) is 9.80 Å². The van der Waals surface area contributed by atoms with Crippen LogP contribution in [-0.4, -0.2) is 40.0 Å². The van der Waals surface area contributed by atoms with E-state index in [-0.39, 0.29) is 31.2 Å². The quantitative estimate of drug-likeness (QED) is 0.875. The van der Waals surface area contributed by atoms with Crippen LogP contribution in [-0.2, 0) is 9.59 Å². The molecule has 2 amide bonds. The van der Waals surface area contributed by atoms with Gasteiger partial charge in [-0.1, -0.05) is 12.1 Å². The number of carboxylic acids is 1. The fourth-order valence-corrected chi connectivity index (χ4v) is 3.19. The number of carbonyl (C=O) groups excluding carboxylic acids is 2. The predicted octanol–water partition coefficient (Wildman–Crippen LogP) is 1.07. The van der Waals surface area contributed by atoms with E-state index >= 15 is 0 Å². The van der Waals surface area contributed by atoms with Gasteiger partial charge in [-0.05, 0) is 19.1 Å². The van der Waals surface area contributed by atoms with Crippen molar-refractivity contribution < 1.29 is 19.5 Å². The maximum atomic E-state index is 12.5. The number of carbonyl (C=O) groups is 3. The minimum Gasteiger partial charge on any atom is -0.478 e. The summed E-state index contributed by atoms with van der Waals surface area (Å²) in [5, 5.41) is 9.67. The third-order valence-corrected chi connectivity index (χ3v) is 4.03. The summed E-state index contributed by atoms with van der Waals surface area (Å²) in [4.78, 5) is 39.1. The topological polar surface area (TPSA) is 77.9 Å². The lowest BCUT2D eigenvalue weighted by Gasteiger charge is -2.47. The molecule has 0 aliphatic carbocycles. The maximum Gasteiger partial charge on any atom is 0.351 e. The van der Waals surface area contributed by atoms with Crippen molar-refractivity contribution in [1.82, 2.24) is 4.90 Å². The van der Waals surface area contributed by atoms with E-state index in [0.29, 0.717) is 11.3 Å². The summed E-state index contributed by atoms with van der Waals surface area (Å²) in [6.45, 7) is 1.96. The van der Waals surface area contributed by atoms with Gasteiger partial charge in [0.15, 0.2) is 0 Å². The van der Waals surface area contributed by atoms with Crippen LogP contribution in [0.3, 0.4) is 0 Å². The van der Waals surface area contributed by atoms with Gasteiger partial charge in [0.1, 0.15) is 0 Å². The first-order valence-electron chi connectivity index (χ1n) is 6.51. The third-order valence-electron chi connectivity index (χ3n) is 4.03. The van der Waals surface area contributed by atoms with Crippen molar-refractivity contribution in [2.45, 2.75) is 25.4 Å². The highest BCUT2D eigenvalue weighted by atomic mass is 16.4. The highest BCUT2D eigenvalue weighted by molar-refractivity contribution is 6.15. The molecule has 0 spiro atoms. The number of aliphatic carboxylic acids is 1. The average molecular weight is 274 g/mol. The van der Waals surface area contributed by atoms with Crippen molar-refractivity contribution in [3.63, 3.8) is 0 Å². The second-order valence-electron chi connectivity index (χ2n) is 4.92. The molecular weight excluding hydrogens is 260 g/mol. The zero-order valence-corrected chi connectivity index (χ0v) is 11.0. The highest BCUT2D eigenvalue weighted by Crippen LogP contribution is 2.44. The molecule has 0 saturated carbocycles. The van der Waals surface area contributed by atoms with Crippen LogP contribution >= 0.6 is 0 Å². The number of anilines is 1. The smallest absolute Gasteiger partial charge is 0.351 e. The van der Waals surface area contributed by atoms with Crippen molar-refractivity contribution >= 4 is 23.5 Å². The molecule has 0 bridgehead atoms. The SMILES string of the molecule is CCN1C(=O)c2ccccc2N2C(=O)CC[C@]12C(=O)O. The minimum atomic E-state index is -1.57. The van der Waals surface area contributed by atoms with Crippen LogP contribution in [0.4, 0.5) is 5.69 Å². The van der Waals surface area contributed by atoms with E-state index in [1.807, 2.05) is 0 Å². The molecule has 1 fully saturated rings. The fourth-order valence-electron chi connectivity index (χ4n) is 3.19. The van der Waals surface area contributed by atoms with Crippen molar-refractivity contribution in [1.29, 1.82) is 0 Å². The summed E-state index contributed by atoms with van der Waals surface area (Å²) in [5.41, 5.74) is -0.800. The summed E-state index contributed by atoms with van der Waals surface area (Å²) in [6.07, 6.45) is 0.249. The Morgan fingerprint density at radius 1 is 1.35 bits per heavy atom. The van der Waals surface area contributed by atoms with Crippen molar-refractivity contribution in [2.75, 3.05) is 11.4 Å². The number of benzene rings is 1. The second-order valence-corrected chi connectivity index (χ2v) is 4.92. The molecule has 20 heavy (non-hydrogen) atoms. The Hall–Kier alpha value is -2.37. The number of carboxylic acid groups (broad SMARTS) is 1. The molecule has 6 nitrogen and oxygen atoms in total. The van der Waals surface area contributed by atoms with Crippen molar-refractivity contribution in [3.05, 3.63) is 29.8 Å². The van der Waals surface area contributed by atoms with Gasteiger partial charge in [0.2, 0.25) is 11.6 Å². The summed E-state index contributed by atoms with van der Waals surface area (Å²) in [6, 6.07) is 6.66. The van der Waals surface area contributed by atoms with Gasteiger partial charge in [0.05, 0.1) is 11.3 Å². The number of hydrogen-bond acceptors (Lipinski definition) is 3. The molecule has 2 heterocycles. The van der Waals surface area contributed by atoms with Crippen LogP contribution in [0.5, 0.6) is 0 Å². The van der Waals surface area contributed by atoms with E-state index < -0.39 is 11.6 Å². The van der Waals surface area contributed by atoms with Crippen LogP contribution in [0.2, 0.25) is 0 Å². The monoisotopic (exact) mass is 274 g/mol. The molecule has 3 rings (SSSR count). The van der Waals surface area contributed by atoms with Crippen molar-refractivity contribution in [2.24, 2.45) is 0 Å². The lowest BCUT2D eigenvalue weighted by Crippen LogP contribution is -2.67. The standard InChI is InChI=1S/C14H14N2O4/c1-2-15-12(18)9-5-3-4-6-10(9)16-11(17)7-8-14(15,16)13(19)20/h3-6H,2,7-8H2,1H3,(H,19,20)/t14-/m0/s1. The zero-order valence-electron chi connectivity index (χ0n) is 11.0. The lowest BCUT2D eigenvalue weighted by molar-refractivity contribution is -0.150. The highest BCUT2D eigenvalue weighted by Gasteiger charge is 2.60. The van der Waals surface area contributed by atoms with E-state index in [2.05, 4.69) is 0 Å². The van der Waals surface area contributed by atoms with Gasteiger partial charge >= 0.3 is 5.97 Å². The Morgan fingerprint density at radius 2 is 2.05 bits per heavy atom. The molecule has 104 valence electrons. The molecular formula is C14H14N2O4. The van der Waals surface area contributed by atoms with Gasteiger partial charge in [-0.25, -0.2) is 4.79 Å². The molecule has 1 aromatic carbocycles. The number of amides is 2. The Labute approximate surface area is 115 Å². The van der Waals surface area contributed by atoms with Gasteiger partial charge < -0.3 is 10.0 Å². The first kappa shape index (κ1) is 12.7. The molecule has 0 unspecified atom stereocenters. The van der Waals surface area contributed by atoms with Crippen molar-refractivity contribution in [3.8, 4) is 0 Å². The van der Waals surface area contributed by atoms with Gasteiger partial charge in [-0.15, -0.1) is 0 Å². The molecule has 1 saturated heterocycles. The Balaban J connectivity index is 2.31. The van der Waals surface area contributed by atoms with Gasteiger partial charge in [-0.3, -0.25) is 14.5 Å². The molecule has 2 aliphatic rings. The molecule has 0 radical (unpaired) electrons. The predicted molar refractivity (Wildman–Crippen MR) is 70.2 cm³/mol. The number of likely N-dealkylation sites (N-methyl/N-ethyl adjacent to an activating group) is 1. The van der Waals surface area contributed by atoms with Gasteiger partial charge in [-0.2, -0.15) is 0 Å². The van der Waals surface area contributed by atoms with E-state index in [0.717, 1.165) is 0 Å². The average Bonchev–Trinajstić information content (AvgIpc) is 2.79. The molecule has 6 heteroatoms. The van der Waals surface area contributed by atoms with Crippen LogP contribution in [0.25, 0.3) is 0 Å². The number of para-hydroxylation sites is 1. The second kappa shape index (κ2) is 4.06. The number of hydrogen-bond donors (Lipinski definition) is 1. The number of fused-ring (bicyclic) bond motifs is 3. The fraction of sp³-hybridized carbons (Fsp3) is 0.357. The normalized spacial score (nSPS) is 24.6. The number of rotatable bonds is 2. The van der Waals surface area contributed by atoms with Crippen LogP contribution < -0.4 is 4.90 Å². The maximum absolute atomic E-state index is 12.5. The van der Waals surface area contributed by atoms with Crippen LogP contribution in [0, 0.1) is 0 Å². The largest absolute Gasteiger partial charge is 0.478 e. The lowest BCUT2D eigenvalue weighted by atomic mass is 9.97. The Morgan fingerprint density at radius 3 is 2.70 bits per heavy atom. The number of nitrogens with zero attached hydrogens (tertiary/aromatic N) is 2. The van der Waals surface area contributed by atoms with E-state index in [9.17, 15) is 19.5 Å². The zero-order chi connectivity index (χ0) is 14.5. The summed E-state index contributed by atoms with van der Waals surface area (Å²) >= 11 is 0. The van der Waals surface area contributed by atoms with Crippen LogP contribution in [0.15, 0.2) is 24.3 Å². The van der Waals surface area contributed by atoms with Crippen LogP contribution in [0.1, 0.15) is 30.1 Å². The van der Waals surface area contributed by atoms with E-state index in [4.69, 9.17) is 0 Å². The molecule has 1 aromatic rings. The minimum absolute atomic E-state index is 0.120. The first-order valence-corrected chi connectivity index (χ1v) is 6.51. The third kappa shape index (κ3) is 1.31. The molecule has 2 aliphatic heterocycles. The van der Waals surface area contributed by atoms with Gasteiger partial charge in [0.25, 0.3) is 5.91 Å². The summed E-state index contributed by atoms with van der Waals surface area (Å²) < 4.78 is 0. The van der Waals surface area contributed by atoms with Gasteiger partial charge in [0, 0.05) is 19.4 Å².